The molecule has 0 aliphatic carbocycles. The summed E-state index contributed by atoms with van der Waals surface area (Å²) >= 11 is 0. The molecule has 0 spiro atoms. The van der Waals surface area contributed by atoms with E-state index >= 15 is 0 Å². The molecule has 172 valence electrons. The Hall–Kier alpha value is -4.76. The Morgan fingerprint density at radius 1 is 0.405 bits per heavy atom. The first-order valence-electron chi connectivity index (χ1n) is 12.6. The average Bonchev–Trinajstić information content (AvgIpc) is 3.32. The molecule has 2 heterocycles. The van der Waals surface area contributed by atoms with Crippen molar-refractivity contribution in [2.75, 3.05) is 0 Å². The molecule has 6 aromatic rings. The Morgan fingerprint density at radius 3 is 1.38 bits per heavy atom. The standard InChI is InChI=1S/C34H23BN2/c1-3-11-24(12-4-1)32-23-33(25-13-5-2-6-14-25)37-34(36-32)26-19-21-27(22-20-26)35-30-17-9-7-15-28(30)29-16-8-10-18-31(29)35/h1-23H. The molecule has 3 heteroatoms. The molecule has 0 radical (unpaired) electrons. The third-order valence-electron chi connectivity index (χ3n) is 7.20. The highest BCUT2D eigenvalue weighted by Gasteiger charge is 2.32. The van der Waals surface area contributed by atoms with Gasteiger partial charge in [0.15, 0.2) is 5.82 Å². The van der Waals surface area contributed by atoms with Gasteiger partial charge >= 0.3 is 0 Å². The van der Waals surface area contributed by atoms with Crippen LogP contribution in [-0.4, -0.2) is 16.7 Å². The molecule has 0 saturated heterocycles. The van der Waals surface area contributed by atoms with Crippen LogP contribution in [0.2, 0.25) is 0 Å². The van der Waals surface area contributed by atoms with Gasteiger partial charge in [-0.05, 0) is 17.2 Å². The number of benzene rings is 5. The topological polar surface area (TPSA) is 25.8 Å². The van der Waals surface area contributed by atoms with Crippen LogP contribution in [0.25, 0.3) is 45.0 Å². The summed E-state index contributed by atoms with van der Waals surface area (Å²) in [4.78, 5) is 9.97. The number of hydrogen-bond donors (Lipinski definition) is 0. The maximum atomic E-state index is 4.99. The van der Waals surface area contributed by atoms with Crippen molar-refractivity contribution < 1.29 is 0 Å². The van der Waals surface area contributed by atoms with E-state index in [0.29, 0.717) is 0 Å². The van der Waals surface area contributed by atoms with Crippen molar-refractivity contribution in [3.63, 3.8) is 0 Å². The zero-order valence-electron chi connectivity index (χ0n) is 20.3. The van der Waals surface area contributed by atoms with E-state index in [0.717, 1.165) is 33.9 Å². The van der Waals surface area contributed by atoms with Crippen LogP contribution < -0.4 is 16.4 Å². The summed E-state index contributed by atoms with van der Waals surface area (Å²) in [6.07, 6.45) is 0. The van der Waals surface area contributed by atoms with Crippen molar-refractivity contribution in [3.05, 3.63) is 140 Å². The van der Waals surface area contributed by atoms with Crippen molar-refractivity contribution in [2.24, 2.45) is 0 Å². The third-order valence-corrected chi connectivity index (χ3v) is 7.20. The fraction of sp³-hybridized carbons (Fsp3) is 0. The Balaban J connectivity index is 1.32. The Morgan fingerprint density at radius 2 is 0.865 bits per heavy atom. The van der Waals surface area contributed by atoms with Crippen molar-refractivity contribution in [1.82, 2.24) is 9.97 Å². The molecule has 7 rings (SSSR count). The molecule has 0 bridgehead atoms. The van der Waals surface area contributed by atoms with Gasteiger partial charge in [-0.3, -0.25) is 0 Å². The summed E-state index contributed by atoms with van der Waals surface area (Å²) in [5, 5.41) is 0. The molecular formula is C34H23BN2. The minimum atomic E-state index is 0.234. The lowest BCUT2D eigenvalue weighted by atomic mass is 9.39. The van der Waals surface area contributed by atoms with Crippen LogP contribution in [-0.2, 0) is 0 Å². The largest absolute Gasteiger partial charge is 0.242 e. The van der Waals surface area contributed by atoms with Crippen molar-refractivity contribution in [3.8, 4) is 45.0 Å². The second-order valence-corrected chi connectivity index (χ2v) is 9.42. The lowest BCUT2D eigenvalue weighted by Crippen LogP contribution is -2.48. The molecule has 0 amide bonds. The molecule has 0 N–H and O–H groups in total. The van der Waals surface area contributed by atoms with Gasteiger partial charge in [0.2, 0.25) is 6.71 Å². The van der Waals surface area contributed by atoms with E-state index in [-0.39, 0.29) is 6.71 Å². The van der Waals surface area contributed by atoms with Gasteiger partial charge in [0.25, 0.3) is 0 Å². The monoisotopic (exact) mass is 470 g/mol. The molecule has 5 aromatic carbocycles. The second-order valence-electron chi connectivity index (χ2n) is 9.42. The van der Waals surface area contributed by atoms with Crippen LogP contribution in [0, 0.1) is 0 Å². The van der Waals surface area contributed by atoms with Crippen LogP contribution in [0.1, 0.15) is 0 Å². The number of rotatable bonds is 4. The molecule has 0 unspecified atom stereocenters. The van der Waals surface area contributed by atoms with Crippen molar-refractivity contribution in [2.45, 2.75) is 0 Å². The SMILES string of the molecule is c1ccc(-c2cc(-c3ccccc3)nc(-c3ccc(B4c5ccccc5-c5ccccc54)cc3)n2)cc1. The molecular weight excluding hydrogens is 447 g/mol. The molecule has 0 atom stereocenters. The van der Waals surface area contributed by atoms with Gasteiger partial charge in [0.05, 0.1) is 11.4 Å². The molecule has 37 heavy (non-hydrogen) atoms. The highest BCUT2D eigenvalue weighted by atomic mass is 14.9. The van der Waals surface area contributed by atoms with Gasteiger partial charge in [0, 0.05) is 16.7 Å². The van der Waals surface area contributed by atoms with E-state index in [2.05, 4.69) is 103 Å². The first kappa shape index (κ1) is 21.5. The van der Waals surface area contributed by atoms with E-state index < -0.39 is 0 Å². The number of nitrogens with zero attached hydrogens (tertiary/aromatic N) is 2. The normalized spacial score (nSPS) is 11.7. The van der Waals surface area contributed by atoms with Gasteiger partial charge < -0.3 is 0 Å². The summed E-state index contributed by atoms with van der Waals surface area (Å²) in [5.41, 5.74) is 11.7. The maximum Gasteiger partial charge on any atom is 0.242 e. The van der Waals surface area contributed by atoms with E-state index in [1.54, 1.807) is 0 Å². The Bertz CT molecular complexity index is 1610. The number of fused-ring (bicyclic) bond motifs is 3. The first-order chi connectivity index (χ1) is 18.3. The van der Waals surface area contributed by atoms with Crippen molar-refractivity contribution >= 4 is 23.1 Å². The lowest BCUT2D eigenvalue weighted by molar-refractivity contribution is 1.18. The summed E-state index contributed by atoms with van der Waals surface area (Å²) < 4.78 is 0. The van der Waals surface area contributed by atoms with Crippen LogP contribution in [0.4, 0.5) is 0 Å². The summed E-state index contributed by atoms with van der Waals surface area (Å²) in [5.74, 6) is 0.735. The van der Waals surface area contributed by atoms with Crippen LogP contribution in [0.15, 0.2) is 140 Å². The highest BCUT2D eigenvalue weighted by Crippen LogP contribution is 2.28. The highest BCUT2D eigenvalue weighted by molar-refractivity contribution is 6.99. The van der Waals surface area contributed by atoms with E-state index in [1.165, 1.54) is 27.5 Å². The van der Waals surface area contributed by atoms with Gasteiger partial charge in [-0.1, -0.05) is 150 Å². The average molecular weight is 470 g/mol. The Kier molecular flexibility index (Phi) is 5.26. The van der Waals surface area contributed by atoms with Gasteiger partial charge in [-0.25, -0.2) is 9.97 Å². The summed E-state index contributed by atoms with van der Waals surface area (Å²) in [6.45, 7) is 0.234. The smallest absolute Gasteiger partial charge is 0.228 e. The van der Waals surface area contributed by atoms with Gasteiger partial charge in [-0.15, -0.1) is 0 Å². The quantitative estimate of drug-likeness (QED) is 0.296. The van der Waals surface area contributed by atoms with E-state index in [1.807, 2.05) is 36.4 Å². The zero-order chi connectivity index (χ0) is 24.6. The molecule has 1 aliphatic rings. The summed E-state index contributed by atoms with van der Waals surface area (Å²) in [7, 11) is 0. The van der Waals surface area contributed by atoms with Crippen molar-refractivity contribution in [1.29, 1.82) is 0 Å². The zero-order valence-corrected chi connectivity index (χ0v) is 20.3. The van der Waals surface area contributed by atoms with Crippen LogP contribution in [0.5, 0.6) is 0 Å². The minimum absolute atomic E-state index is 0.234. The Labute approximate surface area is 217 Å². The first-order valence-corrected chi connectivity index (χ1v) is 12.6. The molecule has 1 aromatic heterocycles. The fourth-order valence-electron chi connectivity index (χ4n) is 5.43. The lowest BCUT2D eigenvalue weighted by Gasteiger charge is -2.12. The van der Waals surface area contributed by atoms with Crippen LogP contribution >= 0.6 is 0 Å². The number of hydrogen-bond acceptors (Lipinski definition) is 2. The fourth-order valence-corrected chi connectivity index (χ4v) is 5.43. The number of aromatic nitrogens is 2. The predicted molar refractivity (Wildman–Crippen MR) is 155 cm³/mol. The summed E-state index contributed by atoms with van der Waals surface area (Å²) in [6, 6.07) is 49.0. The maximum absolute atomic E-state index is 4.99. The molecule has 0 fully saturated rings. The van der Waals surface area contributed by atoms with Crippen LogP contribution in [0.3, 0.4) is 0 Å². The predicted octanol–water partition coefficient (Wildman–Crippen LogP) is 5.97. The molecule has 1 aliphatic heterocycles. The van der Waals surface area contributed by atoms with E-state index in [4.69, 9.17) is 9.97 Å². The molecule has 2 nitrogen and oxygen atoms in total. The van der Waals surface area contributed by atoms with Gasteiger partial charge in [-0.2, -0.15) is 0 Å². The minimum Gasteiger partial charge on any atom is -0.228 e. The van der Waals surface area contributed by atoms with Gasteiger partial charge in [0.1, 0.15) is 0 Å². The van der Waals surface area contributed by atoms with E-state index in [9.17, 15) is 0 Å². The third kappa shape index (κ3) is 3.86. The second kappa shape index (κ2) is 9.03. The molecule has 0 saturated carbocycles.